The van der Waals surface area contributed by atoms with E-state index in [9.17, 15) is 4.39 Å². The highest BCUT2D eigenvalue weighted by molar-refractivity contribution is 5.46. The molecular formula is C17H25FN2. The van der Waals surface area contributed by atoms with Gasteiger partial charge in [-0.3, -0.25) is 4.90 Å². The van der Waals surface area contributed by atoms with Crippen LogP contribution in [0, 0.1) is 5.82 Å². The number of benzene rings is 1. The Morgan fingerprint density at radius 1 is 0.800 bits per heavy atom. The number of anilines is 1. The molecule has 0 bridgehead atoms. The van der Waals surface area contributed by atoms with Crippen molar-refractivity contribution in [1.29, 1.82) is 0 Å². The van der Waals surface area contributed by atoms with Gasteiger partial charge in [0.25, 0.3) is 0 Å². The van der Waals surface area contributed by atoms with E-state index < -0.39 is 0 Å². The van der Waals surface area contributed by atoms with Crippen LogP contribution >= 0.6 is 0 Å². The molecule has 110 valence electrons. The Bertz CT molecular complexity index is 402. The van der Waals surface area contributed by atoms with E-state index in [4.69, 9.17) is 0 Å². The lowest BCUT2D eigenvalue weighted by Gasteiger charge is -2.40. The Balaban J connectivity index is 1.54. The van der Waals surface area contributed by atoms with E-state index in [1.54, 1.807) is 12.1 Å². The van der Waals surface area contributed by atoms with E-state index in [1.807, 2.05) is 12.1 Å². The zero-order valence-corrected chi connectivity index (χ0v) is 12.2. The van der Waals surface area contributed by atoms with Crippen LogP contribution in [-0.2, 0) is 0 Å². The second kappa shape index (κ2) is 6.57. The van der Waals surface area contributed by atoms with Gasteiger partial charge in [0, 0.05) is 37.9 Å². The van der Waals surface area contributed by atoms with Crippen molar-refractivity contribution < 1.29 is 4.39 Å². The average Bonchev–Trinajstić information content (AvgIpc) is 2.77. The van der Waals surface area contributed by atoms with Gasteiger partial charge in [-0.15, -0.1) is 0 Å². The van der Waals surface area contributed by atoms with Crippen LogP contribution in [0.1, 0.15) is 38.5 Å². The molecule has 1 aromatic carbocycles. The molecular weight excluding hydrogens is 251 g/mol. The summed E-state index contributed by atoms with van der Waals surface area (Å²) in [5.74, 6) is -0.147. The molecule has 1 heterocycles. The fourth-order valence-electron chi connectivity index (χ4n) is 3.62. The summed E-state index contributed by atoms with van der Waals surface area (Å²) in [6.45, 7) is 4.45. The van der Waals surface area contributed by atoms with Crippen molar-refractivity contribution >= 4 is 5.69 Å². The minimum absolute atomic E-state index is 0.147. The molecule has 0 amide bonds. The first-order valence-corrected chi connectivity index (χ1v) is 8.07. The van der Waals surface area contributed by atoms with Crippen molar-refractivity contribution in [2.75, 3.05) is 31.1 Å². The molecule has 1 aromatic rings. The predicted molar refractivity (Wildman–Crippen MR) is 81.7 cm³/mol. The maximum Gasteiger partial charge on any atom is 0.123 e. The molecule has 0 N–H and O–H groups in total. The number of rotatable bonds is 2. The van der Waals surface area contributed by atoms with Gasteiger partial charge in [0.15, 0.2) is 0 Å². The number of hydrogen-bond donors (Lipinski definition) is 0. The van der Waals surface area contributed by atoms with Crippen molar-refractivity contribution in [2.24, 2.45) is 0 Å². The fourth-order valence-corrected chi connectivity index (χ4v) is 3.62. The van der Waals surface area contributed by atoms with E-state index in [1.165, 1.54) is 38.5 Å². The standard InChI is InChI=1S/C17H25FN2/c18-15-7-9-17(10-8-15)20-13-11-19(12-14-20)16-5-3-1-2-4-6-16/h7-10,16H,1-6,11-14H2. The highest BCUT2D eigenvalue weighted by atomic mass is 19.1. The Hall–Kier alpha value is -1.09. The molecule has 0 aromatic heterocycles. The molecule has 1 aliphatic carbocycles. The quantitative estimate of drug-likeness (QED) is 0.760. The number of piperazine rings is 1. The molecule has 3 heteroatoms. The van der Waals surface area contributed by atoms with Crippen LogP contribution in [-0.4, -0.2) is 37.1 Å². The highest BCUT2D eigenvalue weighted by Gasteiger charge is 2.24. The third-order valence-corrected chi connectivity index (χ3v) is 4.85. The summed E-state index contributed by atoms with van der Waals surface area (Å²) in [5, 5.41) is 0. The van der Waals surface area contributed by atoms with Gasteiger partial charge >= 0.3 is 0 Å². The lowest BCUT2D eigenvalue weighted by Crippen LogP contribution is -2.50. The van der Waals surface area contributed by atoms with Gasteiger partial charge in [0.05, 0.1) is 0 Å². The van der Waals surface area contributed by atoms with E-state index in [0.717, 1.165) is 37.9 Å². The summed E-state index contributed by atoms with van der Waals surface area (Å²) < 4.78 is 13.0. The Morgan fingerprint density at radius 2 is 1.40 bits per heavy atom. The molecule has 3 rings (SSSR count). The minimum atomic E-state index is -0.147. The van der Waals surface area contributed by atoms with Gasteiger partial charge in [-0.1, -0.05) is 25.7 Å². The molecule has 1 aliphatic heterocycles. The van der Waals surface area contributed by atoms with Gasteiger partial charge in [-0.2, -0.15) is 0 Å². The molecule has 0 spiro atoms. The molecule has 1 saturated heterocycles. The van der Waals surface area contributed by atoms with Crippen LogP contribution in [0.25, 0.3) is 0 Å². The maximum atomic E-state index is 13.0. The predicted octanol–water partition coefficient (Wildman–Crippen LogP) is 3.67. The van der Waals surface area contributed by atoms with Crippen LogP contribution in [0.15, 0.2) is 24.3 Å². The average molecular weight is 276 g/mol. The van der Waals surface area contributed by atoms with E-state index in [0.29, 0.717) is 0 Å². The van der Waals surface area contributed by atoms with Crippen molar-refractivity contribution in [2.45, 2.75) is 44.6 Å². The summed E-state index contributed by atoms with van der Waals surface area (Å²) in [7, 11) is 0. The second-order valence-corrected chi connectivity index (χ2v) is 6.14. The minimum Gasteiger partial charge on any atom is -0.369 e. The third-order valence-electron chi connectivity index (χ3n) is 4.85. The monoisotopic (exact) mass is 276 g/mol. The summed E-state index contributed by atoms with van der Waals surface area (Å²) in [6, 6.07) is 7.74. The Morgan fingerprint density at radius 3 is 2.00 bits per heavy atom. The molecule has 2 fully saturated rings. The van der Waals surface area contributed by atoms with E-state index in [-0.39, 0.29) is 5.82 Å². The summed E-state index contributed by atoms with van der Waals surface area (Å²) in [5.41, 5.74) is 1.16. The zero-order chi connectivity index (χ0) is 13.8. The van der Waals surface area contributed by atoms with Crippen molar-refractivity contribution in [1.82, 2.24) is 4.90 Å². The number of nitrogens with zero attached hydrogens (tertiary/aromatic N) is 2. The van der Waals surface area contributed by atoms with Crippen LogP contribution in [0.5, 0.6) is 0 Å². The first-order valence-electron chi connectivity index (χ1n) is 8.07. The van der Waals surface area contributed by atoms with Crippen LogP contribution < -0.4 is 4.90 Å². The zero-order valence-electron chi connectivity index (χ0n) is 12.2. The lowest BCUT2D eigenvalue weighted by molar-refractivity contribution is 0.169. The van der Waals surface area contributed by atoms with Crippen LogP contribution in [0.3, 0.4) is 0 Å². The van der Waals surface area contributed by atoms with Crippen LogP contribution in [0.4, 0.5) is 10.1 Å². The molecule has 1 saturated carbocycles. The third kappa shape index (κ3) is 3.32. The largest absolute Gasteiger partial charge is 0.369 e. The maximum absolute atomic E-state index is 13.0. The van der Waals surface area contributed by atoms with Crippen LogP contribution in [0.2, 0.25) is 0 Å². The molecule has 20 heavy (non-hydrogen) atoms. The Kier molecular flexibility index (Phi) is 4.56. The van der Waals surface area contributed by atoms with Gasteiger partial charge in [0.1, 0.15) is 5.82 Å². The summed E-state index contributed by atoms with van der Waals surface area (Å²) in [6.07, 6.45) is 8.43. The number of halogens is 1. The highest BCUT2D eigenvalue weighted by Crippen LogP contribution is 2.24. The topological polar surface area (TPSA) is 6.48 Å². The molecule has 0 atom stereocenters. The summed E-state index contributed by atoms with van der Waals surface area (Å²) >= 11 is 0. The molecule has 0 unspecified atom stereocenters. The first-order chi connectivity index (χ1) is 9.83. The Labute approximate surface area is 121 Å². The van der Waals surface area contributed by atoms with E-state index >= 15 is 0 Å². The van der Waals surface area contributed by atoms with Crippen molar-refractivity contribution in [3.05, 3.63) is 30.1 Å². The second-order valence-electron chi connectivity index (χ2n) is 6.14. The van der Waals surface area contributed by atoms with Gasteiger partial charge in [-0.05, 0) is 37.1 Å². The van der Waals surface area contributed by atoms with E-state index in [2.05, 4.69) is 9.80 Å². The normalized spacial score (nSPS) is 22.8. The first kappa shape index (κ1) is 13.9. The molecule has 2 nitrogen and oxygen atoms in total. The lowest BCUT2D eigenvalue weighted by atomic mass is 10.1. The molecule has 0 radical (unpaired) electrons. The molecule has 2 aliphatic rings. The van der Waals surface area contributed by atoms with Gasteiger partial charge < -0.3 is 4.90 Å². The van der Waals surface area contributed by atoms with Crippen molar-refractivity contribution in [3.8, 4) is 0 Å². The SMILES string of the molecule is Fc1ccc(N2CCN(C3CCCCCC3)CC2)cc1. The number of hydrogen-bond acceptors (Lipinski definition) is 2. The summed E-state index contributed by atoms with van der Waals surface area (Å²) in [4.78, 5) is 5.07. The fraction of sp³-hybridized carbons (Fsp3) is 0.647. The van der Waals surface area contributed by atoms with Crippen molar-refractivity contribution in [3.63, 3.8) is 0 Å². The van der Waals surface area contributed by atoms with Gasteiger partial charge in [0.2, 0.25) is 0 Å². The smallest absolute Gasteiger partial charge is 0.123 e. The van der Waals surface area contributed by atoms with Gasteiger partial charge in [-0.25, -0.2) is 4.39 Å².